The summed E-state index contributed by atoms with van der Waals surface area (Å²) in [6.45, 7) is 5.79. The average molecular weight is 261 g/mol. The number of benzene rings is 1. The molecule has 0 bridgehead atoms. The van der Waals surface area contributed by atoms with Crippen LogP contribution >= 0.6 is 23.2 Å². The highest BCUT2D eigenvalue weighted by Crippen LogP contribution is 2.35. The SMILES string of the molecule is CC(C)C(C)C(=O)c1ccc(O)c(Cl)c1Cl. The van der Waals surface area contributed by atoms with E-state index in [1.165, 1.54) is 12.1 Å². The molecule has 0 heterocycles. The van der Waals surface area contributed by atoms with Crippen molar-refractivity contribution in [2.45, 2.75) is 20.8 Å². The van der Waals surface area contributed by atoms with Gasteiger partial charge in [0.2, 0.25) is 0 Å². The minimum atomic E-state index is -0.127. The van der Waals surface area contributed by atoms with Crippen LogP contribution in [-0.2, 0) is 0 Å². The maximum Gasteiger partial charge on any atom is 0.167 e. The number of phenols is 1. The van der Waals surface area contributed by atoms with Gasteiger partial charge in [0.05, 0.1) is 5.02 Å². The zero-order valence-electron chi connectivity index (χ0n) is 9.42. The van der Waals surface area contributed by atoms with Crippen LogP contribution in [0.4, 0.5) is 0 Å². The van der Waals surface area contributed by atoms with Crippen LogP contribution in [0.1, 0.15) is 31.1 Å². The number of ketones is 1. The Labute approximate surface area is 105 Å². The van der Waals surface area contributed by atoms with Crippen LogP contribution in [0.15, 0.2) is 12.1 Å². The van der Waals surface area contributed by atoms with Crippen LogP contribution in [0.3, 0.4) is 0 Å². The van der Waals surface area contributed by atoms with E-state index in [1.54, 1.807) is 0 Å². The summed E-state index contributed by atoms with van der Waals surface area (Å²) in [7, 11) is 0. The molecular formula is C12H14Cl2O2. The second kappa shape index (κ2) is 5.07. The van der Waals surface area contributed by atoms with Crippen LogP contribution in [0.5, 0.6) is 5.75 Å². The average Bonchev–Trinajstić information content (AvgIpc) is 2.24. The Bertz CT molecular complexity index is 414. The Morgan fingerprint density at radius 2 is 1.75 bits per heavy atom. The predicted octanol–water partition coefficient (Wildman–Crippen LogP) is 4.17. The van der Waals surface area contributed by atoms with Gasteiger partial charge in [-0.05, 0) is 18.1 Å². The number of aromatic hydroxyl groups is 1. The summed E-state index contributed by atoms with van der Waals surface area (Å²) < 4.78 is 0. The molecule has 0 saturated heterocycles. The number of hydrogen-bond donors (Lipinski definition) is 1. The molecule has 1 atom stereocenters. The maximum absolute atomic E-state index is 12.0. The monoisotopic (exact) mass is 260 g/mol. The van der Waals surface area contributed by atoms with Crippen molar-refractivity contribution in [2.24, 2.45) is 11.8 Å². The van der Waals surface area contributed by atoms with Gasteiger partial charge in [-0.1, -0.05) is 44.0 Å². The van der Waals surface area contributed by atoms with Crippen molar-refractivity contribution in [3.05, 3.63) is 27.7 Å². The summed E-state index contributed by atoms with van der Waals surface area (Å²) in [5.74, 6) is -0.0587. The number of Topliss-reactive ketones (excluding diaryl/α,β-unsaturated/α-hetero) is 1. The first-order valence-corrected chi connectivity index (χ1v) is 5.83. The van der Waals surface area contributed by atoms with Gasteiger partial charge in [-0.25, -0.2) is 0 Å². The standard InChI is InChI=1S/C12H14Cl2O2/c1-6(2)7(3)12(16)8-4-5-9(15)11(14)10(8)13/h4-7,15H,1-3H3. The third kappa shape index (κ3) is 2.50. The zero-order valence-corrected chi connectivity index (χ0v) is 10.9. The maximum atomic E-state index is 12.0. The number of phenolic OH excluding ortho intramolecular Hbond substituents is 1. The summed E-state index contributed by atoms with van der Waals surface area (Å²) in [6.07, 6.45) is 0. The number of carbonyl (C=O) groups is 1. The van der Waals surface area contributed by atoms with Gasteiger partial charge in [0.15, 0.2) is 5.78 Å². The molecule has 0 aliphatic carbocycles. The van der Waals surface area contributed by atoms with E-state index < -0.39 is 0 Å². The first-order valence-electron chi connectivity index (χ1n) is 5.07. The number of hydrogen-bond acceptors (Lipinski definition) is 2. The molecule has 0 aromatic heterocycles. The van der Waals surface area contributed by atoms with Gasteiger partial charge in [0, 0.05) is 11.5 Å². The Kier molecular flexibility index (Phi) is 4.22. The predicted molar refractivity (Wildman–Crippen MR) is 66.5 cm³/mol. The molecule has 0 amide bonds. The fourth-order valence-corrected chi connectivity index (χ4v) is 1.70. The molecule has 0 radical (unpaired) electrons. The third-order valence-corrected chi connectivity index (χ3v) is 3.61. The lowest BCUT2D eigenvalue weighted by molar-refractivity contribution is 0.0900. The molecule has 0 aliphatic heterocycles. The quantitative estimate of drug-likeness (QED) is 0.829. The van der Waals surface area contributed by atoms with Gasteiger partial charge in [-0.3, -0.25) is 4.79 Å². The molecule has 1 unspecified atom stereocenters. The molecule has 0 aliphatic rings. The minimum absolute atomic E-state index is 0.0310. The van der Waals surface area contributed by atoms with Gasteiger partial charge in [-0.15, -0.1) is 0 Å². The number of halogens is 2. The van der Waals surface area contributed by atoms with E-state index in [9.17, 15) is 9.90 Å². The normalized spacial score (nSPS) is 12.9. The summed E-state index contributed by atoms with van der Waals surface area (Å²) in [5, 5.41) is 9.48. The van der Waals surface area contributed by atoms with E-state index in [2.05, 4.69) is 0 Å². The van der Waals surface area contributed by atoms with E-state index in [1.807, 2.05) is 20.8 Å². The highest BCUT2D eigenvalue weighted by Gasteiger charge is 2.22. The molecule has 16 heavy (non-hydrogen) atoms. The molecule has 1 aromatic carbocycles. The van der Waals surface area contributed by atoms with E-state index >= 15 is 0 Å². The van der Waals surface area contributed by atoms with Crippen molar-refractivity contribution < 1.29 is 9.90 Å². The van der Waals surface area contributed by atoms with E-state index in [4.69, 9.17) is 23.2 Å². The first kappa shape index (κ1) is 13.3. The molecule has 0 fully saturated rings. The van der Waals surface area contributed by atoms with E-state index in [0.29, 0.717) is 5.56 Å². The van der Waals surface area contributed by atoms with Gasteiger partial charge >= 0.3 is 0 Å². The van der Waals surface area contributed by atoms with Crippen LogP contribution in [0, 0.1) is 11.8 Å². The first-order chi connectivity index (χ1) is 7.36. The van der Waals surface area contributed by atoms with Gasteiger partial charge in [-0.2, -0.15) is 0 Å². The van der Waals surface area contributed by atoms with Gasteiger partial charge in [0.1, 0.15) is 10.8 Å². The van der Waals surface area contributed by atoms with E-state index in [-0.39, 0.29) is 33.4 Å². The van der Waals surface area contributed by atoms with Crippen molar-refractivity contribution in [2.75, 3.05) is 0 Å². The second-order valence-corrected chi connectivity index (χ2v) is 4.91. The Hall–Kier alpha value is -0.730. The molecule has 88 valence electrons. The topological polar surface area (TPSA) is 37.3 Å². The van der Waals surface area contributed by atoms with Crippen LogP contribution in [-0.4, -0.2) is 10.9 Å². The third-order valence-electron chi connectivity index (χ3n) is 2.74. The smallest absolute Gasteiger partial charge is 0.167 e. The number of rotatable bonds is 3. The minimum Gasteiger partial charge on any atom is -0.506 e. The zero-order chi connectivity index (χ0) is 12.5. The highest BCUT2D eigenvalue weighted by molar-refractivity contribution is 6.44. The molecule has 2 nitrogen and oxygen atoms in total. The van der Waals surface area contributed by atoms with Crippen molar-refractivity contribution in [1.82, 2.24) is 0 Å². The van der Waals surface area contributed by atoms with Crippen molar-refractivity contribution in [3.8, 4) is 5.75 Å². The van der Waals surface area contributed by atoms with Crippen molar-refractivity contribution >= 4 is 29.0 Å². The second-order valence-electron chi connectivity index (χ2n) is 4.16. The highest BCUT2D eigenvalue weighted by atomic mass is 35.5. The van der Waals surface area contributed by atoms with Crippen LogP contribution in [0.2, 0.25) is 10.0 Å². The number of carbonyl (C=O) groups excluding carboxylic acids is 1. The molecule has 0 spiro atoms. The van der Waals surface area contributed by atoms with Gasteiger partial charge < -0.3 is 5.11 Å². The summed E-state index contributed by atoms with van der Waals surface area (Å²) in [5.41, 5.74) is 0.366. The van der Waals surface area contributed by atoms with Crippen LogP contribution in [0.25, 0.3) is 0 Å². The molecule has 0 saturated carbocycles. The molecular weight excluding hydrogens is 247 g/mol. The van der Waals surface area contributed by atoms with E-state index in [0.717, 1.165) is 0 Å². The summed E-state index contributed by atoms with van der Waals surface area (Å²) in [4.78, 5) is 12.0. The fraction of sp³-hybridized carbons (Fsp3) is 0.417. The Balaban J connectivity index is 3.15. The largest absolute Gasteiger partial charge is 0.506 e. The van der Waals surface area contributed by atoms with Gasteiger partial charge in [0.25, 0.3) is 0 Å². The lowest BCUT2D eigenvalue weighted by atomic mass is 9.90. The van der Waals surface area contributed by atoms with Crippen LogP contribution < -0.4 is 0 Å². The lowest BCUT2D eigenvalue weighted by Crippen LogP contribution is -2.17. The Morgan fingerprint density at radius 3 is 2.25 bits per heavy atom. The van der Waals surface area contributed by atoms with Crippen molar-refractivity contribution in [3.63, 3.8) is 0 Å². The summed E-state index contributed by atoms with van der Waals surface area (Å²) >= 11 is 11.7. The Morgan fingerprint density at radius 1 is 1.19 bits per heavy atom. The summed E-state index contributed by atoms with van der Waals surface area (Å²) in [6, 6.07) is 2.89. The fourth-order valence-electron chi connectivity index (χ4n) is 1.28. The van der Waals surface area contributed by atoms with Crippen molar-refractivity contribution in [1.29, 1.82) is 0 Å². The molecule has 1 aromatic rings. The molecule has 4 heteroatoms. The molecule has 1 rings (SSSR count). The lowest BCUT2D eigenvalue weighted by Gasteiger charge is -2.15. The molecule has 1 N–H and O–H groups in total.